The number of nitrogens with one attached hydrogen (secondary N) is 1. The van der Waals surface area contributed by atoms with Crippen LogP contribution in [0, 0.1) is 12.3 Å². The van der Waals surface area contributed by atoms with Gasteiger partial charge in [0.2, 0.25) is 15.9 Å². The molecule has 2 amide bonds. The number of hydrogen-bond acceptors (Lipinski definition) is 4. The van der Waals surface area contributed by atoms with Crippen LogP contribution in [0.5, 0.6) is 0 Å². The average molecular weight is 415 g/mol. The Bertz CT molecular complexity index is 1090. The quantitative estimate of drug-likeness (QED) is 0.817. The second-order valence-corrected chi connectivity index (χ2v) is 10.2. The summed E-state index contributed by atoms with van der Waals surface area (Å²) < 4.78 is 25.9. The van der Waals surface area contributed by atoms with Gasteiger partial charge in [-0.15, -0.1) is 0 Å². The van der Waals surface area contributed by atoms with Crippen LogP contribution < -0.4 is 9.62 Å². The van der Waals surface area contributed by atoms with Gasteiger partial charge in [-0.05, 0) is 56.0 Å². The van der Waals surface area contributed by atoms with Crippen molar-refractivity contribution in [2.75, 3.05) is 15.4 Å². The minimum absolute atomic E-state index is 0.182. The molecule has 3 rings (SSSR count). The Hall–Kier alpha value is -2.67. The Morgan fingerprint density at radius 2 is 1.79 bits per heavy atom. The van der Waals surface area contributed by atoms with Crippen LogP contribution >= 0.6 is 0 Å². The van der Waals surface area contributed by atoms with Crippen molar-refractivity contribution in [3.8, 4) is 0 Å². The molecule has 1 fully saturated rings. The van der Waals surface area contributed by atoms with Crippen molar-refractivity contribution in [1.29, 1.82) is 0 Å². The summed E-state index contributed by atoms with van der Waals surface area (Å²) in [5.74, 6) is -0.871. The molecule has 6 nitrogen and oxygen atoms in total. The minimum Gasteiger partial charge on any atom is -0.321 e. The van der Waals surface area contributed by atoms with Crippen LogP contribution in [0.15, 0.2) is 42.5 Å². The smallest absolute Gasteiger partial charge is 0.255 e. The number of carbonyl (C=O) groups is 2. The van der Waals surface area contributed by atoms with E-state index in [1.165, 1.54) is 12.1 Å². The average Bonchev–Trinajstić information content (AvgIpc) is 2.79. The molecule has 1 N–H and O–H groups in total. The first-order valence-corrected chi connectivity index (χ1v) is 11.1. The largest absolute Gasteiger partial charge is 0.321 e. The summed E-state index contributed by atoms with van der Waals surface area (Å²) in [4.78, 5) is 25.5. The maximum absolute atomic E-state index is 12.9. The molecule has 1 saturated heterocycles. The van der Waals surface area contributed by atoms with Crippen molar-refractivity contribution in [1.82, 2.24) is 0 Å². The first-order valence-electron chi connectivity index (χ1n) is 9.52. The number of aryl methyl sites for hydroxylation is 1. The first kappa shape index (κ1) is 21.0. The Morgan fingerprint density at radius 3 is 2.38 bits per heavy atom. The Balaban J connectivity index is 1.96. The molecular weight excluding hydrogens is 388 g/mol. The van der Waals surface area contributed by atoms with E-state index < -0.39 is 21.3 Å². The Labute approximate surface area is 172 Å². The lowest BCUT2D eigenvalue weighted by Crippen LogP contribution is -2.33. The zero-order valence-corrected chi connectivity index (χ0v) is 18.1. The van der Waals surface area contributed by atoms with Crippen molar-refractivity contribution in [2.45, 2.75) is 40.5 Å². The van der Waals surface area contributed by atoms with Gasteiger partial charge < -0.3 is 5.32 Å². The highest BCUT2D eigenvalue weighted by Crippen LogP contribution is 2.36. The summed E-state index contributed by atoms with van der Waals surface area (Å²) in [6, 6.07) is 12.0. The number of nitrogens with zero attached hydrogens (tertiary/aromatic N) is 1. The Kier molecular flexibility index (Phi) is 5.30. The van der Waals surface area contributed by atoms with E-state index in [0.717, 1.165) is 21.1 Å². The van der Waals surface area contributed by atoms with Gasteiger partial charge in [-0.2, -0.15) is 0 Å². The molecule has 0 saturated carbocycles. The lowest BCUT2D eigenvalue weighted by molar-refractivity contribution is -0.123. The first-order chi connectivity index (χ1) is 13.4. The molecular formula is C22H26N2O4S. The monoisotopic (exact) mass is 414 g/mol. The Morgan fingerprint density at radius 1 is 1.14 bits per heavy atom. The number of rotatable bonds is 4. The van der Waals surface area contributed by atoms with Gasteiger partial charge >= 0.3 is 0 Å². The van der Waals surface area contributed by atoms with E-state index in [-0.39, 0.29) is 28.8 Å². The zero-order valence-electron chi connectivity index (χ0n) is 17.3. The van der Waals surface area contributed by atoms with E-state index in [1.54, 1.807) is 26.0 Å². The molecule has 154 valence electrons. The van der Waals surface area contributed by atoms with Gasteiger partial charge in [0, 0.05) is 11.3 Å². The second kappa shape index (κ2) is 7.30. The number of sulfonamides is 1. The van der Waals surface area contributed by atoms with E-state index in [9.17, 15) is 18.0 Å². The molecule has 1 heterocycles. The number of carbonyl (C=O) groups excluding carboxylic acids is 2. The van der Waals surface area contributed by atoms with Crippen LogP contribution in [0.3, 0.4) is 0 Å². The van der Waals surface area contributed by atoms with Gasteiger partial charge in [-0.3, -0.25) is 9.59 Å². The lowest BCUT2D eigenvalue weighted by Gasteiger charge is -2.19. The van der Waals surface area contributed by atoms with Crippen molar-refractivity contribution >= 4 is 33.2 Å². The minimum atomic E-state index is -3.77. The normalized spacial score (nSPS) is 17.6. The summed E-state index contributed by atoms with van der Waals surface area (Å²) in [5.41, 5.74) is 2.19. The molecule has 0 bridgehead atoms. The molecule has 0 radical (unpaired) electrons. The fourth-order valence-electron chi connectivity index (χ4n) is 3.56. The molecule has 2 aromatic carbocycles. The lowest BCUT2D eigenvalue weighted by atomic mass is 9.95. The van der Waals surface area contributed by atoms with E-state index in [0.29, 0.717) is 0 Å². The highest BCUT2D eigenvalue weighted by molar-refractivity contribution is 7.94. The molecule has 1 aliphatic rings. The maximum Gasteiger partial charge on any atom is 0.255 e. The van der Waals surface area contributed by atoms with Crippen molar-refractivity contribution < 1.29 is 18.0 Å². The third kappa shape index (κ3) is 3.92. The van der Waals surface area contributed by atoms with Crippen molar-refractivity contribution in [3.05, 3.63) is 59.2 Å². The molecule has 2 aromatic rings. The summed E-state index contributed by atoms with van der Waals surface area (Å²) in [6.45, 7) is 9.24. The summed E-state index contributed by atoms with van der Waals surface area (Å²) in [6.07, 6.45) is 0. The van der Waals surface area contributed by atoms with Gasteiger partial charge in [0.15, 0.2) is 0 Å². The third-order valence-electron chi connectivity index (χ3n) is 5.09. The fraction of sp³-hybridized carbons (Fsp3) is 0.364. The second-order valence-electron chi connectivity index (χ2n) is 8.41. The van der Waals surface area contributed by atoms with E-state index in [4.69, 9.17) is 0 Å². The molecule has 0 aromatic heterocycles. The molecule has 0 unspecified atom stereocenters. The maximum atomic E-state index is 12.9. The number of para-hydroxylation sites is 1. The van der Waals surface area contributed by atoms with Crippen molar-refractivity contribution in [3.63, 3.8) is 0 Å². The van der Waals surface area contributed by atoms with Gasteiger partial charge in [-0.25, -0.2) is 12.7 Å². The molecule has 1 aliphatic heterocycles. The van der Waals surface area contributed by atoms with Crippen LogP contribution in [0.25, 0.3) is 0 Å². The standard InChI is InChI=1S/C22H26N2O4S/c1-14(2)18-11-6-8-15(3)19(18)23-20(25)16-9-7-10-17(12-16)24-21(26)22(4,5)13-29(24,27)28/h6-12,14H,13H2,1-5H3,(H,23,25). The summed E-state index contributed by atoms with van der Waals surface area (Å²) in [7, 11) is -3.77. The van der Waals surface area contributed by atoms with Crippen LogP contribution in [-0.2, 0) is 14.8 Å². The van der Waals surface area contributed by atoms with Crippen molar-refractivity contribution in [2.24, 2.45) is 5.41 Å². The van der Waals surface area contributed by atoms with Crippen LogP contribution in [0.1, 0.15) is 55.1 Å². The van der Waals surface area contributed by atoms with Crippen LogP contribution in [0.2, 0.25) is 0 Å². The molecule has 29 heavy (non-hydrogen) atoms. The van der Waals surface area contributed by atoms with Gasteiger partial charge in [0.25, 0.3) is 5.91 Å². The van der Waals surface area contributed by atoms with Crippen LogP contribution in [0.4, 0.5) is 11.4 Å². The summed E-state index contributed by atoms with van der Waals surface area (Å²) >= 11 is 0. The number of benzene rings is 2. The number of amides is 2. The molecule has 0 atom stereocenters. The SMILES string of the molecule is Cc1cccc(C(C)C)c1NC(=O)c1cccc(N2C(=O)C(C)(C)CS2(=O)=O)c1. The molecule has 0 aliphatic carbocycles. The summed E-state index contributed by atoms with van der Waals surface area (Å²) in [5, 5.41) is 2.95. The highest BCUT2D eigenvalue weighted by atomic mass is 32.2. The fourth-order valence-corrected chi connectivity index (χ4v) is 5.66. The molecule has 7 heteroatoms. The van der Waals surface area contributed by atoms with Gasteiger partial charge in [0.05, 0.1) is 16.9 Å². The number of hydrogen-bond donors (Lipinski definition) is 1. The highest BCUT2D eigenvalue weighted by Gasteiger charge is 2.49. The zero-order chi connectivity index (χ0) is 21.6. The number of anilines is 2. The van der Waals surface area contributed by atoms with Crippen LogP contribution in [-0.4, -0.2) is 26.0 Å². The topological polar surface area (TPSA) is 83.6 Å². The van der Waals surface area contributed by atoms with Gasteiger partial charge in [-0.1, -0.05) is 38.1 Å². The predicted octanol–water partition coefficient (Wildman–Crippen LogP) is 4.07. The predicted molar refractivity (Wildman–Crippen MR) is 115 cm³/mol. The third-order valence-corrected chi connectivity index (χ3v) is 7.11. The van der Waals surface area contributed by atoms with E-state index in [2.05, 4.69) is 19.2 Å². The van der Waals surface area contributed by atoms with Gasteiger partial charge in [0.1, 0.15) is 0 Å². The van der Waals surface area contributed by atoms with E-state index in [1.807, 2.05) is 25.1 Å². The molecule has 0 spiro atoms. The van der Waals surface area contributed by atoms with E-state index >= 15 is 0 Å².